The van der Waals surface area contributed by atoms with E-state index in [1.54, 1.807) is 23.5 Å². The summed E-state index contributed by atoms with van der Waals surface area (Å²) < 4.78 is 5.22. The van der Waals surface area contributed by atoms with Gasteiger partial charge in [0.25, 0.3) is 5.91 Å². The number of aryl methyl sites for hydroxylation is 2. The van der Waals surface area contributed by atoms with Gasteiger partial charge in [0.1, 0.15) is 5.76 Å². The van der Waals surface area contributed by atoms with Crippen molar-refractivity contribution in [2.24, 2.45) is 0 Å². The number of rotatable bonds is 9. The third kappa shape index (κ3) is 5.68. The van der Waals surface area contributed by atoms with Crippen molar-refractivity contribution >= 4 is 29.4 Å². The van der Waals surface area contributed by atoms with Gasteiger partial charge in [0.15, 0.2) is 0 Å². The van der Waals surface area contributed by atoms with E-state index in [0.29, 0.717) is 23.4 Å². The first-order chi connectivity index (χ1) is 14.6. The maximum absolute atomic E-state index is 12.7. The summed E-state index contributed by atoms with van der Waals surface area (Å²) in [5, 5.41) is 16.1. The summed E-state index contributed by atoms with van der Waals surface area (Å²) in [5.41, 5.74) is 4.37. The van der Waals surface area contributed by atoms with E-state index in [9.17, 15) is 4.79 Å². The van der Waals surface area contributed by atoms with Gasteiger partial charge in [-0.1, -0.05) is 35.5 Å². The van der Waals surface area contributed by atoms with E-state index in [-0.39, 0.29) is 5.91 Å². The second kappa shape index (κ2) is 10.9. The van der Waals surface area contributed by atoms with Crippen LogP contribution in [0, 0.1) is 25.2 Å². The first kappa shape index (κ1) is 22.0. The highest BCUT2D eigenvalue weighted by Gasteiger charge is 2.14. The molecule has 0 saturated heterocycles. The normalized spacial score (nSPS) is 10.6. The second-order valence-electron chi connectivity index (χ2n) is 6.66. The van der Waals surface area contributed by atoms with Crippen LogP contribution in [0.3, 0.4) is 0 Å². The molecule has 0 bridgehead atoms. The van der Waals surface area contributed by atoms with E-state index in [2.05, 4.69) is 16.5 Å². The Balaban J connectivity index is 1.50. The number of amides is 1. The van der Waals surface area contributed by atoms with Gasteiger partial charge in [0.2, 0.25) is 0 Å². The molecule has 0 fully saturated rings. The van der Waals surface area contributed by atoms with E-state index in [1.165, 1.54) is 0 Å². The summed E-state index contributed by atoms with van der Waals surface area (Å²) in [6.07, 6.45) is 0. The van der Waals surface area contributed by atoms with Crippen molar-refractivity contribution in [2.45, 2.75) is 30.2 Å². The number of hydrogen-bond acceptors (Lipinski definition) is 6. The van der Waals surface area contributed by atoms with Crippen LogP contribution < -0.4 is 5.32 Å². The minimum Gasteiger partial charge on any atom is -0.361 e. The Labute approximate surface area is 185 Å². The lowest BCUT2D eigenvalue weighted by molar-refractivity contribution is 0.0953. The first-order valence-corrected chi connectivity index (χ1v) is 11.7. The molecule has 0 radical (unpaired) electrons. The van der Waals surface area contributed by atoms with Crippen LogP contribution in [0.1, 0.15) is 38.5 Å². The van der Waals surface area contributed by atoms with Gasteiger partial charge in [-0.25, -0.2) is 0 Å². The van der Waals surface area contributed by atoms with Gasteiger partial charge < -0.3 is 9.84 Å². The Morgan fingerprint density at radius 1 is 1.13 bits per heavy atom. The van der Waals surface area contributed by atoms with Crippen LogP contribution in [-0.4, -0.2) is 23.4 Å². The Bertz CT molecular complexity index is 1040. The molecule has 154 valence electrons. The Kier molecular flexibility index (Phi) is 8.00. The van der Waals surface area contributed by atoms with Crippen molar-refractivity contribution < 1.29 is 9.32 Å². The minimum absolute atomic E-state index is 0.0742. The fraction of sp³-hybridized carbons (Fsp3) is 0.261. The predicted octanol–water partition coefficient (Wildman–Crippen LogP) is 5.12. The van der Waals surface area contributed by atoms with Crippen molar-refractivity contribution in [3.8, 4) is 6.07 Å². The molecular formula is C23H23N3O2S2. The molecule has 7 heteroatoms. The molecule has 1 aromatic heterocycles. The summed E-state index contributed by atoms with van der Waals surface area (Å²) in [4.78, 5) is 13.6. The SMILES string of the molecule is Cc1noc(C)c1CSc1ccccc1C(=O)NCCSCc1ccccc1C#N. The molecule has 0 aliphatic rings. The molecule has 3 aromatic rings. The van der Waals surface area contributed by atoms with Gasteiger partial charge in [-0.2, -0.15) is 17.0 Å². The molecule has 0 aliphatic carbocycles. The van der Waals surface area contributed by atoms with Crippen LogP contribution in [0.15, 0.2) is 57.9 Å². The van der Waals surface area contributed by atoms with E-state index < -0.39 is 0 Å². The van der Waals surface area contributed by atoms with Crippen molar-refractivity contribution in [1.29, 1.82) is 5.26 Å². The fourth-order valence-corrected chi connectivity index (χ4v) is 4.97. The van der Waals surface area contributed by atoms with Crippen LogP contribution in [0.25, 0.3) is 0 Å². The van der Waals surface area contributed by atoms with Crippen LogP contribution >= 0.6 is 23.5 Å². The molecule has 3 rings (SSSR count). The number of nitrogens with zero attached hydrogens (tertiary/aromatic N) is 2. The molecule has 1 heterocycles. The van der Waals surface area contributed by atoms with E-state index in [4.69, 9.17) is 9.78 Å². The van der Waals surface area contributed by atoms with Gasteiger partial charge in [-0.05, 0) is 37.6 Å². The third-order valence-electron chi connectivity index (χ3n) is 4.61. The average molecular weight is 438 g/mol. The van der Waals surface area contributed by atoms with Gasteiger partial charge in [0, 0.05) is 34.3 Å². The van der Waals surface area contributed by atoms with E-state index in [0.717, 1.165) is 39.0 Å². The zero-order chi connectivity index (χ0) is 21.3. The molecule has 0 spiro atoms. The summed E-state index contributed by atoms with van der Waals surface area (Å²) in [6, 6.07) is 17.5. The van der Waals surface area contributed by atoms with Gasteiger partial charge >= 0.3 is 0 Å². The summed E-state index contributed by atoms with van der Waals surface area (Å²) in [6.45, 7) is 4.40. The number of carbonyl (C=O) groups is 1. The van der Waals surface area contributed by atoms with Crippen molar-refractivity contribution in [1.82, 2.24) is 10.5 Å². The summed E-state index contributed by atoms with van der Waals surface area (Å²) in [5.74, 6) is 2.98. The molecule has 0 unspecified atom stereocenters. The minimum atomic E-state index is -0.0742. The Morgan fingerprint density at radius 3 is 2.67 bits per heavy atom. The molecule has 1 N–H and O–H groups in total. The molecule has 1 amide bonds. The molecule has 2 aromatic carbocycles. The molecule has 0 aliphatic heterocycles. The maximum atomic E-state index is 12.7. The van der Waals surface area contributed by atoms with Gasteiger partial charge in [0.05, 0.1) is 22.9 Å². The van der Waals surface area contributed by atoms with E-state index in [1.807, 2.05) is 62.4 Å². The highest BCUT2D eigenvalue weighted by Crippen LogP contribution is 2.28. The Morgan fingerprint density at radius 2 is 1.90 bits per heavy atom. The second-order valence-corrected chi connectivity index (χ2v) is 8.79. The predicted molar refractivity (Wildman–Crippen MR) is 122 cm³/mol. The van der Waals surface area contributed by atoms with Gasteiger partial charge in [-0.15, -0.1) is 11.8 Å². The lowest BCUT2D eigenvalue weighted by Gasteiger charge is -2.10. The number of nitriles is 1. The number of benzene rings is 2. The number of carbonyl (C=O) groups excluding carboxylic acids is 1. The third-order valence-corrected chi connectivity index (χ3v) is 6.72. The van der Waals surface area contributed by atoms with Gasteiger partial charge in [-0.3, -0.25) is 4.79 Å². The van der Waals surface area contributed by atoms with Crippen molar-refractivity contribution in [3.05, 3.63) is 82.2 Å². The van der Waals surface area contributed by atoms with Crippen molar-refractivity contribution in [2.75, 3.05) is 12.3 Å². The number of nitrogens with one attached hydrogen (secondary N) is 1. The zero-order valence-corrected chi connectivity index (χ0v) is 18.6. The standard InChI is InChI=1S/C23H23N3O2S2/c1-16-21(17(2)28-26-16)15-30-22-10-6-5-9-20(22)23(27)25-11-12-29-14-19-8-4-3-7-18(19)13-24/h3-10H,11-12,14-15H2,1-2H3,(H,25,27). The van der Waals surface area contributed by atoms with Crippen LogP contribution in [0.5, 0.6) is 0 Å². The zero-order valence-electron chi connectivity index (χ0n) is 17.0. The molecule has 5 nitrogen and oxygen atoms in total. The first-order valence-electron chi connectivity index (χ1n) is 9.57. The summed E-state index contributed by atoms with van der Waals surface area (Å²) in [7, 11) is 0. The fourth-order valence-electron chi connectivity index (χ4n) is 2.91. The monoisotopic (exact) mass is 437 g/mol. The average Bonchev–Trinajstić information content (AvgIpc) is 3.09. The quantitative estimate of drug-likeness (QED) is 0.370. The molecule has 0 saturated carbocycles. The van der Waals surface area contributed by atoms with Crippen LogP contribution in [0.2, 0.25) is 0 Å². The lowest BCUT2D eigenvalue weighted by Crippen LogP contribution is -2.26. The molecular weight excluding hydrogens is 414 g/mol. The molecule has 30 heavy (non-hydrogen) atoms. The lowest BCUT2D eigenvalue weighted by atomic mass is 10.1. The van der Waals surface area contributed by atoms with Crippen LogP contribution in [-0.2, 0) is 11.5 Å². The topological polar surface area (TPSA) is 78.9 Å². The smallest absolute Gasteiger partial charge is 0.252 e. The summed E-state index contributed by atoms with van der Waals surface area (Å²) >= 11 is 3.31. The Hall–Kier alpha value is -2.69. The number of hydrogen-bond donors (Lipinski definition) is 1. The highest BCUT2D eigenvalue weighted by molar-refractivity contribution is 7.98. The highest BCUT2D eigenvalue weighted by atomic mass is 32.2. The number of aromatic nitrogens is 1. The largest absolute Gasteiger partial charge is 0.361 e. The van der Waals surface area contributed by atoms with Crippen LogP contribution in [0.4, 0.5) is 0 Å². The molecule has 0 atom stereocenters. The van der Waals surface area contributed by atoms with E-state index >= 15 is 0 Å². The van der Waals surface area contributed by atoms with Crippen molar-refractivity contribution in [3.63, 3.8) is 0 Å². The maximum Gasteiger partial charge on any atom is 0.252 e. The number of thioether (sulfide) groups is 2.